The summed E-state index contributed by atoms with van der Waals surface area (Å²) in [5.41, 5.74) is 2.68. The van der Waals surface area contributed by atoms with Gasteiger partial charge in [-0.2, -0.15) is 0 Å². The molecular formula is C28H14N6O2S. The minimum absolute atomic E-state index is 0.00287. The monoisotopic (exact) mass is 498 g/mol. The summed E-state index contributed by atoms with van der Waals surface area (Å²) in [7, 11) is 1.94. The van der Waals surface area contributed by atoms with Gasteiger partial charge in [-0.1, -0.05) is 12.1 Å². The molecule has 0 aliphatic rings. The van der Waals surface area contributed by atoms with Crippen LogP contribution in [0.5, 0.6) is 0 Å². The van der Waals surface area contributed by atoms with E-state index in [1.54, 1.807) is 12.3 Å². The summed E-state index contributed by atoms with van der Waals surface area (Å²) in [6.07, 6.45) is 4.53. The van der Waals surface area contributed by atoms with E-state index >= 15 is 0 Å². The molecule has 0 atom stereocenters. The highest BCUT2D eigenvalue weighted by Gasteiger charge is 2.15. The molecule has 4 heterocycles. The molecule has 0 aliphatic carbocycles. The molecular weight excluding hydrogens is 484 g/mol. The predicted molar refractivity (Wildman–Crippen MR) is 140 cm³/mol. The molecule has 0 saturated carbocycles. The first-order valence-electron chi connectivity index (χ1n) is 10.8. The maximum atomic E-state index is 8.98. The van der Waals surface area contributed by atoms with E-state index in [-0.39, 0.29) is 11.4 Å². The fourth-order valence-corrected chi connectivity index (χ4v) is 4.63. The number of allylic oxidation sites excluding steroid dienone is 2. The van der Waals surface area contributed by atoms with Crippen LogP contribution in [0.1, 0.15) is 10.6 Å². The fourth-order valence-electron chi connectivity index (χ4n) is 3.81. The number of hydrogen-bond donors (Lipinski definition) is 0. The third-order valence-electron chi connectivity index (χ3n) is 5.58. The molecule has 0 amide bonds. The van der Waals surface area contributed by atoms with Gasteiger partial charge in [-0.05, 0) is 48.6 Å². The van der Waals surface area contributed by atoms with Crippen LogP contribution in [0.4, 0.5) is 0 Å². The maximum absolute atomic E-state index is 8.98. The number of rotatable bonds is 5. The molecule has 8 nitrogen and oxygen atoms in total. The van der Waals surface area contributed by atoms with Crippen molar-refractivity contribution in [1.29, 1.82) is 10.5 Å². The van der Waals surface area contributed by atoms with Gasteiger partial charge in [0.1, 0.15) is 11.5 Å². The zero-order valence-electron chi connectivity index (χ0n) is 19.3. The Bertz CT molecular complexity index is 1870. The molecule has 0 N–H and O–H groups in total. The molecule has 5 aromatic rings. The zero-order chi connectivity index (χ0) is 25.9. The number of aromatic nitrogens is 2. The van der Waals surface area contributed by atoms with Crippen molar-refractivity contribution < 1.29 is 8.83 Å². The highest BCUT2D eigenvalue weighted by Crippen LogP contribution is 2.35. The van der Waals surface area contributed by atoms with Gasteiger partial charge in [-0.15, -0.1) is 11.3 Å². The van der Waals surface area contributed by atoms with Crippen LogP contribution in [0.2, 0.25) is 0 Å². The molecule has 0 radical (unpaired) electrons. The SMILES string of the molecule is [C-]#[N+]/C(C#N)=C\c1cnc(-c2ccc(-c3ccc4cc(-c5ccc(/C=C(\C#N)[N+]#[C-])o5)n(C)c4c3)o2)s1. The van der Waals surface area contributed by atoms with E-state index < -0.39 is 0 Å². The molecule has 174 valence electrons. The Balaban J connectivity index is 1.45. The number of hydrogen-bond acceptors (Lipinski definition) is 6. The van der Waals surface area contributed by atoms with E-state index in [1.807, 2.05) is 66.2 Å². The van der Waals surface area contributed by atoms with Crippen molar-refractivity contribution in [3.8, 4) is 45.7 Å². The van der Waals surface area contributed by atoms with Crippen LogP contribution in [0.25, 0.3) is 66.3 Å². The van der Waals surface area contributed by atoms with E-state index in [1.165, 1.54) is 23.5 Å². The summed E-state index contributed by atoms with van der Waals surface area (Å²) in [5.74, 6) is 2.34. The molecule has 4 aromatic heterocycles. The molecule has 0 fully saturated rings. The second-order valence-electron chi connectivity index (χ2n) is 7.80. The van der Waals surface area contributed by atoms with Crippen LogP contribution in [-0.2, 0) is 7.05 Å². The summed E-state index contributed by atoms with van der Waals surface area (Å²) in [5, 5.41) is 19.6. The minimum Gasteiger partial charge on any atom is -0.456 e. The number of fused-ring (bicyclic) bond motifs is 1. The van der Waals surface area contributed by atoms with E-state index in [2.05, 4.69) is 14.7 Å². The second kappa shape index (κ2) is 9.56. The Morgan fingerprint density at radius 1 is 0.946 bits per heavy atom. The first-order valence-corrected chi connectivity index (χ1v) is 11.6. The average Bonchev–Trinajstić information content (AvgIpc) is 3.72. The molecule has 0 saturated heterocycles. The van der Waals surface area contributed by atoms with E-state index in [9.17, 15) is 0 Å². The lowest BCUT2D eigenvalue weighted by atomic mass is 10.1. The molecule has 37 heavy (non-hydrogen) atoms. The fraction of sp³-hybridized carbons (Fsp3) is 0.0357. The molecule has 9 heteroatoms. The van der Waals surface area contributed by atoms with Gasteiger partial charge in [-0.3, -0.25) is 0 Å². The van der Waals surface area contributed by atoms with Gasteiger partial charge in [0.2, 0.25) is 0 Å². The molecule has 0 unspecified atom stereocenters. The van der Waals surface area contributed by atoms with Crippen LogP contribution < -0.4 is 0 Å². The van der Waals surface area contributed by atoms with Crippen LogP contribution >= 0.6 is 11.3 Å². The summed E-state index contributed by atoms with van der Waals surface area (Å²) >= 11 is 1.34. The Hall–Kier alpha value is -5.61. The first kappa shape index (κ1) is 23.1. The van der Waals surface area contributed by atoms with E-state index in [0.29, 0.717) is 32.9 Å². The number of benzene rings is 1. The first-order chi connectivity index (χ1) is 18.0. The van der Waals surface area contributed by atoms with Crippen molar-refractivity contribution in [3.63, 3.8) is 0 Å². The van der Waals surface area contributed by atoms with Crippen molar-refractivity contribution in [2.45, 2.75) is 0 Å². The third kappa shape index (κ3) is 4.43. The van der Waals surface area contributed by atoms with Gasteiger partial charge in [-0.25, -0.2) is 25.2 Å². The second-order valence-corrected chi connectivity index (χ2v) is 8.86. The minimum atomic E-state index is -0.0406. The maximum Gasteiger partial charge on any atom is 0.265 e. The zero-order valence-corrected chi connectivity index (χ0v) is 20.1. The Morgan fingerprint density at radius 3 is 2.43 bits per heavy atom. The van der Waals surface area contributed by atoms with Crippen molar-refractivity contribution in [2.75, 3.05) is 0 Å². The standard InChI is InChI=1S/C28H14N6O2S/c1-31-19(14-29)12-21-6-7-26(35-21)24-10-17-4-5-18(11-23(17)34(24)3)25-8-9-27(36-25)28-33-16-22(37-28)13-20(15-30)32-2/h4-13,16H,3H3/b19-12+,20-13-. The quantitative estimate of drug-likeness (QED) is 0.186. The Morgan fingerprint density at radius 2 is 1.68 bits per heavy atom. The Kier molecular flexibility index (Phi) is 5.98. The van der Waals surface area contributed by atoms with Gasteiger partial charge < -0.3 is 13.4 Å². The van der Waals surface area contributed by atoms with Crippen molar-refractivity contribution in [3.05, 3.63) is 99.6 Å². The number of nitrogens with zero attached hydrogens (tertiary/aromatic N) is 6. The highest BCUT2D eigenvalue weighted by molar-refractivity contribution is 7.15. The largest absolute Gasteiger partial charge is 0.456 e. The Labute approximate surface area is 215 Å². The number of thiazole rings is 1. The summed E-state index contributed by atoms with van der Waals surface area (Å²) in [4.78, 5) is 11.4. The van der Waals surface area contributed by atoms with Gasteiger partial charge >= 0.3 is 0 Å². The predicted octanol–water partition coefficient (Wildman–Crippen LogP) is 7.39. The van der Waals surface area contributed by atoms with Crippen molar-refractivity contribution in [1.82, 2.24) is 9.55 Å². The van der Waals surface area contributed by atoms with E-state index in [4.69, 9.17) is 32.5 Å². The number of nitriles is 2. The molecule has 0 bridgehead atoms. The van der Waals surface area contributed by atoms with Crippen LogP contribution in [0.3, 0.4) is 0 Å². The highest BCUT2D eigenvalue weighted by atomic mass is 32.1. The van der Waals surface area contributed by atoms with Gasteiger partial charge in [0.25, 0.3) is 11.4 Å². The molecule has 5 rings (SSSR count). The smallest absolute Gasteiger partial charge is 0.265 e. The lowest BCUT2D eigenvalue weighted by Crippen LogP contribution is -1.90. The molecule has 0 aliphatic heterocycles. The normalized spacial score (nSPS) is 11.6. The lowest BCUT2D eigenvalue weighted by molar-refractivity contribution is 0.567. The van der Waals surface area contributed by atoms with Crippen molar-refractivity contribution >= 4 is 34.4 Å². The average molecular weight is 499 g/mol. The van der Waals surface area contributed by atoms with Gasteiger partial charge in [0, 0.05) is 34.6 Å². The summed E-state index contributed by atoms with van der Waals surface area (Å²) in [6.45, 7) is 14.0. The van der Waals surface area contributed by atoms with Crippen LogP contribution in [0.15, 0.2) is 75.0 Å². The van der Waals surface area contributed by atoms with Crippen LogP contribution in [0, 0.1) is 35.8 Å². The van der Waals surface area contributed by atoms with Gasteiger partial charge in [0.05, 0.1) is 31.0 Å². The summed E-state index contributed by atoms with van der Waals surface area (Å²) < 4.78 is 14.0. The van der Waals surface area contributed by atoms with Gasteiger partial charge in [0.15, 0.2) is 16.5 Å². The molecule has 0 spiro atoms. The van der Waals surface area contributed by atoms with Crippen LogP contribution in [-0.4, -0.2) is 9.55 Å². The lowest BCUT2D eigenvalue weighted by Gasteiger charge is -2.03. The molecule has 1 aromatic carbocycles. The summed E-state index contributed by atoms with van der Waals surface area (Å²) in [6, 6.07) is 19.0. The van der Waals surface area contributed by atoms with Crippen molar-refractivity contribution in [2.24, 2.45) is 7.05 Å². The number of furan rings is 2. The third-order valence-corrected chi connectivity index (χ3v) is 6.54. The topological polar surface area (TPSA) is 100 Å². The number of aryl methyl sites for hydroxylation is 1. The van der Waals surface area contributed by atoms with E-state index in [0.717, 1.165) is 22.2 Å².